The van der Waals surface area contributed by atoms with Gasteiger partial charge in [-0.25, -0.2) is 0 Å². The molecule has 3 nitrogen and oxygen atoms in total. The lowest BCUT2D eigenvalue weighted by Crippen LogP contribution is -2.37. The van der Waals surface area contributed by atoms with Crippen LogP contribution in [0.3, 0.4) is 0 Å². The van der Waals surface area contributed by atoms with Crippen molar-refractivity contribution in [3.8, 4) is 11.5 Å². The summed E-state index contributed by atoms with van der Waals surface area (Å²) in [6.45, 7) is 4.71. The Kier molecular flexibility index (Phi) is 2.73. The molecule has 2 unspecified atom stereocenters. The van der Waals surface area contributed by atoms with Gasteiger partial charge < -0.3 is 14.2 Å². The molecule has 0 aliphatic carbocycles. The molecule has 21 heavy (non-hydrogen) atoms. The second-order valence-electron chi connectivity index (χ2n) is 6.16. The van der Waals surface area contributed by atoms with Crippen molar-refractivity contribution in [2.75, 3.05) is 0 Å². The van der Waals surface area contributed by atoms with E-state index < -0.39 is 0 Å². The Labute approximate surface area is 124 Å². The second kappa shape index (κ2) is 4.50. The molecule has 2 heterocycles. The largest absolute Gasteiger partial charge is 0.489 e. The maximum absolute atomic E-state index is 6.01. The average Bonchev–Trinajstić information content (AvgIpc) is 3.28. The molecule has 108 valence electrons. The highest BCUT2D eigenvalue weighted by Gasteiger charge is 2.56. The molecule has 0 bridgehead atoms. The van der Waals surface area contributed by atoms with Crippen molar-refractivity contribution in [2.45, 2.75) is 38.3 Å². The SMILES string of the molecule is CC1(C)Oc2ccc(OCc3ccccc3)cc2C2OC21. The van der Waals surface area contributed by atoms with Gasteiger partial charge in [-0.05, 0) is 37.6 Å². The van der Waals surface area contributed by atoms with Gasteiger partial charge in [-0.2, -0.15) is 0 Å². The molecule has 2 aromatic rings. The number of hydrogen-bond donors (Lipinski definition) is 0. The van der Waals surface area contributed by atoms with E-state index in [-0.39, 0.29) is 17.8 Å². The van der Waals surface area contributed by atoms with E-state index in [0.29, 0.717) is 6.61 Å². The number of hydrogen-bond acceptors (Lipinski definition) is 3. The van der Waals surface area contributed by atoms with Crippen molar-refractivity contribution in [3.05, 3.63) is 59.7 Å². The number of ether oxygens (including phenoxy) is 3. The molecular weight excluding hydrogens is 264 g/mol. The van der Waals surface area contributed by atoms with E-state index in [1.165, 1.54) is 0 Å². The zero-order valence-corrected chi connectivity index (χ0v) is 12.2. The van der Waals surface area contributed by atoms with Crippen molar-refractivity contribution in [3.63, 3.8) is 0 Å². The summed E-state index contributed by atoms with van der Waals surface area (Å²) in [6.07, 6.45) is 0.318. The molecule has 2 aromatic carbocycles. The summed E-state index contributed by atoms with van der Waals surface area (Å²) in [5.74, 6) is 1.76. The predicted molar refractivity (Wildman–Crippen MR) is 79.5 cm³/mol. The molecule has 2 atom stereocenters. The standard InChI is InChI=1S/C18H18O3/c1-18(2)17-16(20-17)14-10-13(8-9-15(14)21-18)19-11-12-6-4-3-5-7-12/h3-10,16-17H,11H2,1-2H3. The van der Waals surface area contributed by atoms with Crippen LogP contribution in [0.4, 0.5) is 0 Å². The highest BCUT2D eigenvalue weighted by atomic mass is 16.6. The van der Waals surface area contributed by atoms with E-state index in [2.05, 4.69) is 26.0 Å². The minimum absolute atomic E-state index is 0.157. The number of epoxide rings is 1. The summed E-state index contributed by atoms with van der Waals surface area (Å²) in [6, 6.07) is 16.1. The van der Waals surface area contributed by atoms with E-state index in [0.717, 1.165) is 22.6 Å². The Bertz CT molecular complexity index is 663. The topological polar surface area (TPSA) is 31.0 Å². The Morgan fingerprint density at radius 2 is 1.90 bits per heavy atom. The van der Waals surface area contributed by atoms with Gasteiger partial charge >= 0.3 is 0 Å². The third kappa shape index (κ3) is 2.28. The van der Waals surface area contributed by atoms with Crippen LogP contribution in [0.1, 0.15) is 31.1 Å². The summed E-state index contributed by atoms with van der Waals surface area (Å²) in [5.41, 5.74) is 2.02. The maximum Gasteiger partial charge on any atom is 0.132 e. The van der Waals surface area contributed by atoms with Gasteiger partial charge in [-0.15, -0.1) is 0 Å². The monoisotopic (exact) mass is 282 g/mol. The van der Waals surface area contributed by atoms with Crippen molar-refractivity contribution >= 4 is 0 Å². The van der Waals surface area contributed by atoms with Gasteiger partial charge in [0.15, 0.2) is 0 Å². The summed E-state index contributed by atoms with van der Waals surface area (Å²) in [5, 5.41) is 0. The fourth-order valence-corrected chi connectivity index (χ4v) is 2.89. The fourth-order valence-electron chi connectivity index (χ4n) is 2.89. The van der Waals surface area contributed by atoms with Gasteiger partial charge in [0.1, 0.15) is 35.9 Å². The normalized spacial score (nSPS) is 24.5. The molecule has 0 aromatic heterocycles. The van der Waals surface area contributed by atoms with Gasteiger partial charge in [0.25, 0.3) is 0 Å². The molecule has 0 spiro atoms. The Hall–Kier alpha value is -2.00. The minimum atomic E-state index is -0.246. The molecular formula is C18H18O3. The molecule has 0 N–H and O–H groups in total. The lowest BCUT2D eigenvalue weighted by molar-refractivity contribution is 0.0724. The van der Waals surface area contributed by atoms with Gasteiger partial charge in [0.2, 0.25) is 0 Å². The first kappa shape index (κ1) is 12.7. The lowest BCUT2D eigenvalue weighted by atomic mass is 9.94. The zero-order valence-electron chi connectivity index (χ0n) is 12.2. The molecule has 0 radical (unpaired) electrons. The Balaban J connectivity index is 1.53. The molecule has 0 amide bonds. The lowest BCUT2D eigenvalue weighted by Gasteiger charge is -2.29. The molecule has 1 fully saturated rings. The third-order valence-electron chi connectivity index (χ3n) is 4.09. The predicted octanol–water partition coefficient (Wildman–Crippen LogP) is 3.88. The molecule has 1 saturated heterocycles. The molecule has 3 heteroatoms. The average molecular weight is 282 g/mol. The van der Waals surface area contributed by atoms with Crippen LogP contribution in [-0.4, -0.2) is 11.7 Å². The van der Waals surface area contributed by atoms with Crippen LogP contribution >= 0.6 is 0 Å². The third-order valence-corrected chi connectivity index (χ3v) is 4.09. The van der Waals surface area contributed by atoms with Crippen LogP contribution in [-0.2, 0) is 11.3 Å². The van der Waals surface area contributed by atoms with Gasteiger partial charge in [-0.3, -0.25) is 0 Å². The van der Waals surface area contributed by atoms with Crippen LogP contribution in [0.25, 0.3) is 0 Å². The van der Waals surface area contributed by atoms with Gasteiger partial charge in [0, 0.05) is 5.56 Å². The smallest absolute Gasteiger partial charge is 0.132 e. The van der Waals surface area contributed by atoms with Crippen molar-refractivity contribution < 1.29 is 14.2 Å². The van der Waals surface area contributed by atoms with E-state index in [1.807, 2.05) is 36.4 Å². The highest BCUT2D eigenvalue weighted by molar-refractivity contribution is 5.46. The van der Waals surface area contributed by atoms with Gasteiger partial charge in [-0.1, -0.05) is 30.3 Å². The first-order valence-corrected chi connectivity index (χ1v) is 7.29. The van der Waals surface area contributed by atoms with Crippen molar-refractivity contribution in [1.82, 2.24) is 0 Å². The quantitative estimate of drug-likeness (QED) is 0.801. The zero-order chi connectivity index (χ0) is 14.4. The molecule has 2 aliphatic rings. The van der Waals surface area contributed by atoms with Crippen LogP contribution < -0.4 is 9.47 Å². The number of rotatable bonds is 3. The van der Waals surface area contributed by atoms with Crippen LogP contribution in [0, 0.1) is 0 Å². The van der Waals surface area contributed by atoms with Crippen LogP contribution in [0.5, 0.6) is 11.5 Å². The summed E-state index contributed by atoms with van der Waals surface area (Å²) in [7, 11) is 0. The van der Waals surface area contributed by atoms with E-state index in [9.17, 15) is 0 Å². The Morgan fingerprint density at radius 3 is 2.71 bits per heavy atom. The number of benzene rings is 2. The van der Waals surface area contributed by atoms with Gasteiger partial charge in [0.05, 0.1) is 0 Å². The fraction of sp³-hybridized carbons (Fsp3) is 0.333. The van der Waals surface area contributed by atoms with E-state index >= 15 is 0 Å². The second-order valence-corrected chi connectivity index (χ2v) is 6.16. The molecule has 4 rings (SSSR count). The highest BCUT2D eigenvalue weighted by Crippen LogP contribution is 2.54. The summed E-state index contributed by atoms with van der Waals surface area (Å²) >= 11 is 0. The minimum Gasteiger partial charge on any atom is -0.489 e. The summed E-state index contributed by atoms with van der Waals surface area (Å²) < 4.78 is 17.6. The Morgan fingerprint density at radius 1 is 1.10 bits per heavy atom. The van der Waals surface area contributed by atoms with Crippen LogP contribution in [0.15, 0.2) is 48.5 Å². The van der Waals surface area contributed by atoms with E-state index in [4.69, 9.17) is 14.2 Å². The van der Waals surface area contributed by atoms with Crippen molar-refractivity contribution in [2.24, 2.45) is 0 Å². The molecule has 0 saturated carbocycles. The first-order valence-electron chi connectivity index (χ1n) is 7.29. The number of fused-ring (bicyclic) bond motifs is 3. The summed E-state index contributed by atoms with van der Waals surface area (Å²) in [4.78, 5) is 0. The van der Waals surface area contributed by atoms with E-state index in [1.54, 1.807) is 0 Å². The first-order chi connectivity index (χ1) is 10.1. The van der Waals surface area contributed by atoms with Crippen molar-refractivity contribution in [1.29, 1.82) is 0 Å². The van der Waals surface area contributed by atoms with Crippen LogP contribution in [0.2, 0.25) is 0 Å². The maximum atomic E-state index is 6.01. The molecule has 2 aliphatic heterocycles.